The lowest BCUT2D eigenvalue weighted by Gasteiger charge is -2.35. The van der Waals surface area contributed by atoms with Gasteiger partial charge in [-0.05, 0) is 43.5 Å². The maximum Gasteiger partial charge on any atom is 0.245 e. The average molecular weight is 403 g/mol. The molecule has 0 N–H and O–H groups in total. The summed E-state index contributed by atoms with van der Waals surface area (Å²) in [6.07, 6.45) is 3.67. The summed E-state index contributed by atoms with van der Waals surface area (Å²) in [5, 5.41) is 0. The minimum Gasteiger partial charge on any atom is -0.314 e. The zero-order chi connectivity index (χ0) is 19.5. The number of benzene rings is 1. The second-order valence-corrected chi connectivity index (χ2v) is 10.7. The van der Waals surface area contributed by atoms with Gasteiger partial charge < -0.3 is 4.90 Å². The molecule has 0 aromatic heterocycles. The van der Waals surface area contributed by atoms with Gasteiger partial charge in [0.2, 0.25) is 15.9 Å². The molecule has 1 heterocycles. The number of anilines is 1. The number of sulfonamides is 1. The van der Waals surface area contributed by atoms with Gasteiger partial charge in [-0.15, -0.1) is 0 Å². The van der Waals surface area contributed by atoms with E-state index in [1.54, 1.807) is 26.1 Å². The maximum absolute atomic E-state index is 12.9. The predicted octanol–water partition coefficient (Wildman–Crippen LogP) is 1.65. The number of carbonyl (C=O) groups excluding carboxylic acids is 1. The smallest absolute Gasteiger partial charge is 0.245 e. The molecule has 0 spiro atoms. The van der Waals surface area contributed by atoms with Crippen molar-refractivity contribution in [2.24, 2.45) is 0 Å². The number of nitrogens with zero attached hydrogens (tertiary/aromatic N) is 2. The number of amides is 1. The molecule has 26 heavy (non-hydrogen) atoms. The molecule has 1 saturated heterocycles. The lowest BCUT2D eigenvalue weighted by molar-refractivity contribution is -0.122. The predicted molar refractivity (Wildman–Crippen MR) is 101 cm³/mol. The summed E-state index contributed by atoms with van der Waals surface area (Å²) < 4.78 is 49.5. The first-order valence-electron chi connectivity index (χ1n) is 8.65. The van der Waals surface area contributed by atoms with Crippen molar-refractivity contribution in [3.05, 3.63) is 24.3 Å². The third kappa shape index (κ3) is 4.63. The van der Waals surface area contributed by atoms with Gasteiger partial charge in [-0.3, -0.25) is 4.79 Å². The Balaban J connectivity index is 2.25. The Labute approximate surface area is 156 Å². The minimum absolute atomic E-state index is 0.0313. The zero-order valence-corrected chi connectivity index (χ0v) is 17.0. The van der Waals surface area contributed by atoms with E-state index in [1.807, 2.05) is 0 Å². The summed E-state index contributed by atoms with van der Waals surface area (Å²) in [7, 11) is -5.19. The monoisotopic (exact) mass is 402 g/mol. The molecule has 1 aromatic carbocycles. The second-order valence-electron chi connectivity index (χ2n) is 6.60. The lowest BCUT2D eigenvalue weighted by atomic mass is 10.0. The van der Waals surface area contributed by atoms with Crippen molar-refractivity contribution in [2.45, 2.75) is 43.5 Å². The van der Waals surface area contributed by atoms with Gasteiger partial charge in [0.1, 0.15) is 6.04 Å². The van der Waals surface area contributed by atoms with E-state index in [1.165, 1.54) is 21.3 Å². The van der Waals surface area contributed by atoms with Crippen molar-refractivity contribution in [1.29, 1.82) is 0 Å². The molecule has 1 amide bonds. The van der Waals surface area contributed by atoms with Crippen LogP contribution < -0.4 is 4.90 Å². The van der Waals surface area contributed by atoms with Crippen molar-refractivity contribution in [1.82, 2.24) is 4.31 Å². The fraction of sp³-hybridized carbons (Fsp3) is 0.588. The minimum atomic E-state index is -3.46. The molecule has 0 saturated carbocycles. The topological polar surface area (TPSA) is 91.8 Å². The molecule has 7 nitrogen and oxygen atoms in total. The Morgan fingerprint density at radius 3 is 2.31 bits per heavy atom. The van der Waals surface area contributed by atoms with Crippen molar-refractivity contribution < 1.29 is 21.6 Å². The number of rotatable bonds is 6. The summed E-state index contributed by atoms with van der Waals surface area (Å²) in [5.74, 6) is -0.264. The van der Waals surface area contributed by atoms with E-state index in [-0.39, 0.29) is 16.6 Å². The first kappa shape index (κ1) is 20.9. The van der Waals surface area contributed by atoms with Gasteiger partial charge >= 0.3 is 0 Å². The molecule has 1 aliphatic rings. The molecule has 0 bridgehead atoms. The standard InChI is InChI=1S/C17H26N2O5S2/c1-4-13-26(23,24)19-12-6-5-7-16(19)17(20)18(2)14-8-10-15(11-9-14)25(3,21)22/h8-11,16H,4-7,12-13H2,1-3H3. The lowest BCUT2D eigenvalue weighted by Crippen LogP contribution is -2.52. The van der Waals surface area contributed by atoms with Gasteiger partial charge in [-0.25, -0.2) is 16.8 Å². The van der Waals surface area contributed by atoms with Crippen LogP contribution in [0.25, 0.3) is 0 Å². The van der Waals surface area contributed by atoms with Crippen LogP contribution in [0, 0.1) is 0 Å². The van der Waals surface area contributed by atoms with E-state index in [0.717, 1.165) is 19.1 Å². The molecular weight excluding hydrogens is 376 g/mol. The van der Waals surface area contributed by atoms with E-state index >= 15 is 0 Å². The fourth-order valence-corrected chi connectivity index (χ4v) is 5.50. The van der Waals surface area contributed by atoms with Crippen molar-refractivity contribution in [3.8, 4) is 0 Å². The summed E-state index contributed by atoms with van der Waals surface area (Å²) in [4.78, 5) is 14.5. The van der Waals surface area contributed by atoms with Crippen LogP contribution in [0.4, 0.5) is 5.69 Å². The van der Waals surface area contributed by atoms with E-state index in [0.29, 0.717) is 25.1 Å². The third-order valence-corrected chi connectivity index (χ3v) is 7.75. The first-order chi connectivity index (χ1) is 12.1. The van der Waals surface area contributed by atoms with Crippen LogP contribution in [-0.4, -0.2) is 58.7 Å². The van der Waals surface area contributed by atoms with E-state index < -0.39 is 25.9 Å². The molecule has 1 aliphatic heterocycles. The van der Waals surface area contributed by atoms with Crippen molar-refractivity contribution in [3.63, 3.8) is 0 Å². The van der Waals surface area contributed by atoms with Crippen LogP contribution in [0.3, 0.4) is 0 Å². The van der Waals surface area contributed by atoms with Crippen LogP contribution in [0.15, 0.2) is 29.2 Å². The Kier molecular flexibility index (Phi) is 6.46. The number of piperidine rings is 1. The molecule has 2 rings (SSSR count). The summed E-state index contributed by atoms with van der Waals surface area (Å²) in [6, 6.07) is 5.30. The van der Waals surface area contributed by atoms with E-state index in [2.05, 4.69) is 0 Å². The molecular formula is C17H26N2O5S2. The Hall–Kier alpha value is -1.45. The summed E-state index contributed by atoms with van der Waals surface area (Å²) in [5.41, 5.74) is 0.529. The SMILES string of the molecule is CCCS(=O)(=O)N1CCCCC1C(=O)N(C)c1ccc(S(C)(=O)=O)cc1. The molecule has 146 valence electrons. The zero-order valence-electron chi connectivity index (χ0n) is 15.4. The highest BCUT2D eigenvalue weighted by atomic mass is 32.2. The summed E-state index contributed by atoms with van der Waals surface area (Å²) in [6.45, 7) is 2.16. The third-order valence-electron chi connectivity index (χ3n) is 4.54. The number of hydrogen-bond acceptors (Lipinski definition) is 5. The number of hydrogen-bond donors (Lipinski definition) is 0. The van der Waals surface area contributed by atoms with Crippen LogP contribution in [0.1, 0.15) is 32.6 Å². The molecule has 0 aliphatic carbocycles. The summed E-state index contributed by atoms with van der Waals surface area (Å²) >= 11 is 0. The van der Waals surface area contributed by atoms with E-state index in [4.69, 9.17) is 0 Å². The number of likely N-dealkylation sites (N-methyl/N-ethyl adjacent to an activating group) is 1. The normalized spacial score (nSPS) is 19.3. The van der Waals surface area contributed by atoms with Gasteiger partial charge in [-0.2, -0.15) is 4.31 Å². The number of carbonyl (C=O) groups is 1. The second kappa shape index (κ2) is 8.06. The van der Waals surface area contributed by atoms with Crippen LogP contribution in [0.2, 0.25) is 0 Å². The van der Waals surface area contributed by atoms with Gasteiger partial charge in [-0.1, -0.05) is 13.3 Å². The fourth-order valence-electron chi connectivity index (χ4n) is 3.13. The Bertz CT molecular complexity index is 848. The molecule has 1 atom stereocenters. The largest absolute Gasteiger partial charge is 0.314 e. The van der Waals surface area contributed by atoms with E-state index in [9.17, 15) is 21.6 Å². The Morgan fingerprint density at radius 1 is 1.15 bits per heavy atom. The van der Waals surface area contributed by atoms with Gasteiger partial charge in [0.25, 0.3) is 0 Å². The highest BCUT2D eigenvalue weighted by molar-refractivity contribution is 7.90. The van der Waals surface area contributed by atoms with Crippen LogP contribution in [-0.2, 0) is 24.7 Å². The van der Waals surface area contributed by atoms with Crippen LogP contribution >= 0.6 is 0 Å². The van der Waals surface area contributed by atoms with Crippen molar-refractivity contribution >= 4 is 31.5 Å². The Morgan fingerprint density at radius 2 is 1.77 bits per heavy atom. The molecule has 1 unspecified atom stereocenters. The van der Waals surface area contributed by atoms with Crippen molar-refractivity contribution in [2.75, 3.05) is 30.5 Å². The van der Waals surface area contributed by atoms with Gasteiger partial charge in [0.05, 0.1) is 10.6 Å². The molecule has 1 fully saturated rings. The number of sulfone groups is 1. The van der Waals surface area contributed by atoms with Gasteiger partial charge in [0, 0.05) is 25.5 Å². The average Bonchev–Trinajstić information content (AvgIpc) is 2.60. The quantitative estimate of drug-likeness (QED) is 0.721. The molecule has 0 radical (unpaired) electrons. The molecule has 1 aromatic rings. The van der Waals surface area contributed by atoms with Crippen LogP contribution in [0.5, 0.6) is 0 Å². The highest BCUT2D eigenvalue weighted by Gasteiger charge is 2.37. The first-order valence-corrected chi connectivity index (χ1v) is 12.1. The maximum atomic E-state index is 12.9. The van der Waals surface area contributed by atoms with Gasteiger partial charge in [0.15, 0.2) is 9.84 Å². The molecule has 9 heteroatoms. The highest BCUT2D eigenvalue weighted by Crippen LogP contribution is 2.25.